The van der Waals surface area contributed by atoms with Crippen molar-refractivity contribution in [2.45, 2.75) is 19.4 Å². The van der Waals surface area contributed by atoms with Crippen LogP contribution in [-0.4, -0.2) is 6.54 Å². The second-order valence-corrected chi connectivity index (χ2v) is 6.13. The van der Waals surface area contributed by atoms with E-state index in [0.717, 1.165) is 13.0 Å². The molecule has 3 heteroatoms. The van der Waals surface area contributed by atoms with Gasteiger partial charge in [-0.1, -0.05) is 12.1 Å². The minimum atomic E-state index is 0.422. The van der Waals surface area contributed by atoms with E-state index in [1.807, 2.05) is 0 Å². The number of nitrogens with one attached hydrogen (secondary N) is 1. The molecule has 1 unspecified atom stereocenters. The van der Waals surface area contributed by atoms with Gasteiger partial charge in [-0.25, -0.2) is 0 Å². The minimum absolute atomic E-state index is 0.422. The molecule has 0 spiro atoms. The van der Waals surface area contributed by atoms with Crippen LogP contribution in [0, 0.1) is 3.57 Å². The highest BCUT2D eigenvalue weighted by Crippen LogP contribution is 2.14. The van der Waals surface area contributed by atoms with E-state index in [1.54, 1.807) is 11.3 Å². The number of rotatable bonds is 5. The fourth-order valence-corrected chi connectivity index (χ4v) is 2.80. The highest BCUT2D eigenvalue weighted by Gasteiger charge is 2.03. The minimum Gasteiger partial charge on any atom is -0.310 e. The molecule has 0 saturated carbocycles. The largest absolute Gasteiger partial charge is 0.310 e. The summed E-state index contributed by atoms with van der Waals surface area (Å²) < 4.78 is 1.29. The van der Waals surface area contributed by atoms with Crippen LogP contribution in [-0.2, 0) is 6.42 Å². The third-order valence-corrected chi connectivity index (χ3v) is 4.27. The first kappa shape index (κ1) is 13.1. The van der Waals surface area contributed by atoms with Gasteiger partial charge in [0.1, 0.15) is 0 Å². The van der Waals surface area contributed by atoms with Gasteiger partial charge in [-0.3, -0.25) is 0 Å². The SMILES string of the molecule is CC(NCCc1ccsc1)c1ccc(I)cc1. The lowest BCUT2D eigenvalue weighted by Crippen LogP contribution is -2.21. The molecule has 0 bridgehead atoms. The molecule has 0 aliphatic carbocycles. The number of thiophene rings is 1. The normalized spacial score (nSPS) is 12.6. The van der Waals surface area contributed by atoms with Crippen LogP contribution in [0.25, 0.3) is 0 Å². The van der Waals surface area contributed by atoms with E-state index in [1.165, 1.54) is 14.7 Å². The molecule has 1 atom stereocenters. The summed E-state index contributed by atoms with van der Waals surface area (Å²) in [6.45, 7) is 3.25. The number of hydrogen-bond acceptors (Lipinski definition) is 2. The Kier molecular flexibility index (Phi) is 5.00. The zero-order chi connectivity index (χ0) is 12.1. The van der Waals surface area contributed by atoms with Crippen molar-refractivity contribution in [3.63, 3.8) is 0 Å². The Morgan fingerprint density at radius 2 is 2.00 bits per heavy atom. The quantitative estimate of drug-likeness (QED) is 0.789. The summed E-state index contributed by atoms with van der Waals surface area (Å²) in [5, 5.41) is 7.92. The van der Waals surface area contributed by atoms with Crippen LogP contribution in [0.4, 0.5) is 0 Å². The highest BCUT2D eigenvalue weighted by atomic mass is 127. The molecule has 1 aromatic heterocycles. The molecule has 2 rings (SSSR count). The fraction of sp³-hybridized carbons (Fsp3) is 0.286. The van der Waals surface area contributed by atoms with Crippen molar-refractivity contribution in [2.24, 2.45) is 0 Å². The first-order chi connectivity index (χ1) is 8.25. The molecular weight excluding hydrogens is 341 g/mol. The second-order valence-electron chi connectivity index (χ2n) is 4.11. The Balaban J connectivity index is 1.81. The zero-order valence-electron chi connectivity index (χ0n) is 9.82. The molecule has 1 nitrogen and oxygen atoms in total. The van der Waals surface area contributed by atoms with Crippen molar-refractivity contribution in [3.8, 4) is 0 Å². The summed E-state index contributed by atoms with van der Waals surface area (Å²) >= 11 is 4.10. The maximum atomic E-state index is 3.56. The summed E-state index contributed by atoms with van der Waals surface area (Å²) in [5.41, 5.74) is 2.79. The van der Waals surface area contributed by atoms with E-state index in [2.05, 4.69) is 75.9 Å². The van der Waals surface area contributed by atoms with Gasteiger partial charge in [-0.05, 0) is 82.6 Å². The monoisotopic (exact) mass is 357 g/mol. The van der Waals surface area contributed by atoms with Gasteiger partial charge in [0.15, 0.2) is 0 Å². The molecule has 0 saturated heterocycles. The van der Waals surface area contributed by atoms with E-state index in [0.29, 0.717) is 6.04 Å². The second kappa shape index (κ2) is 6.52. The summed E-state index contributed by atoms with van der Waals surface area (Å²) in [4.78, 5) is 0. The number of halogens is 1. The summed E-state index contributed by atoms with van der Waals surface area (Å²) in [6, 6.07) is 11.3. The smallest absolute Gasteiger partial charge is 0.0291 e. The topological polar surface area (TPSA) is 12.0 Å². The van der Waals surface area contributed by atoms with Gasteiger partial charge in [0.05, 0.1) is 0 Å². The molecule has 90 valence electrons. The van der Waals surface area contributed by atoms with Crippen molar-refractivity contribution < 1.29 is 0 Å². The van der Waals surface area contributed by atoms with E-state index in [-0.39, 0.29) is 0 Å². The Bertz CT molecular complexity index is 436. The molecule has 0 fully saturated rings. The van der Waals surface area contributed by atoms with Crippen molar-refractivity contribution in [1.82, 2.24) is 5.32 Å². The lowest BCUT2D eigenvalue weighted by atomic mass is 10.1. The van der Waals surface area contributed by atoms with Gasteiger partial charge in [0, 0.05) is 9.61 Å². The van der Waals surface area contributed by atoms with Gasteiger partial charge in [0.2, 0.25) is 0 Å². The molecule has 17 heavy (non-hydrogen) atoms. The van der Waals surface area contributed by atoms with E-state index < -0.39 is 0 Å². The van der Waals surface area contributed by atoms with E-state index in [9.17, 15) is 0 Å². The van der Waals surface area contributed by atoms with Gasteiger partial charge < -0.3 is 5.32 Å². The van der Waals surface area contributed by atoms with E-state index in [4.69, 9.17) is 0 Å². The molecular formula is C14H16INS. The predicted octanol–water partition coefficient (Wildman–Crippen LogP) is 4.25. The Labute approximate surface area is 120 Å². The molecule has 0 amide bonds. The maximum Gasteiger partial charge on any atom is 0.0291 e. The molecule has 0 radical (unpaired) electrons. The first-order valence-electron chi connectivity index (χ1n) is 5.75. The molecule has 1 N–H and O–H groups in total. The van der Waals surface area contributed by atoms with Crippen molar-refractivity contribution >= 4 is 33.9 Å². The molecule has 1 aromatic carbocycles. The number of hydrogen-bond donors (Lipinski definition) is 1. The third-order valence-electron chi connectivity index (χ3n) is 2.81. The standard InChI is InChI=1S/C14H16INS/c1-11(13-2-4-14(15)5-3-13)16-8-6-12-7-9-17-10-12/h2-5,7,9-11,16H,6,8H2,1H3. The van der Waals surface area contributed by atoms with Crippen LogP contribution in [0.5, 0.6) is 0 Å². The van der Waals surface area contributed by atoms with Crippen LogP contribution in [0.1, 0.15) is 24.1 Å². The van der Waals surface area contributed by atoms with Crippen molar-refractivity contribution in [1.29, 1.82) is 0 Å². The highest BCUT2D eigenvalue weighted by molar-refractivity contribution is 14.1. The molecule has 1 heterocycles. The van der Waals surface area contributed by atoms with Crippen molar-refractivity contribution in [3.05, 3.63) is 55.8 Å². The third kappa shape index (κ3) is 4.08. The zero-order valence-corrected chi connectivity index (χ0v) is 12.8. The number of benzene rings is 1. The van der Waals surface area contributed by atoms with Crippen LogP contribution in [0.3, 0.4) is 0 Å². The molecule has 0 aliphatic heterocycles. The predicted molar refractivity (Wildman–Crippen MR) is 83.6 cm³/mol. The molecule has 2 aromatic rings. The van der Waals surface area contributed by atoms with Gasteiger partial charge in [-0.2, -0.15) is 11.3 Å². The summed E-state index contributed by atoms with van der Waals surface area (Å²) in [6.07, 6.45) is 1.11. The van der Waals surface area contributed by atoms with Gasteiger partial charge in [0.25, 0.3) is 0 Å². The molecule has 0 aliphatic rings. The first-order valence-corrected chi connectivity index (χ1v) is 7.78. The lowest BCUT2D eigenvalue weighted by Gasteiger charge is -2.14. The van der Waals surface area contributed by atoms with E-state index >= 15 is 0 Å². The van der Waals surface area contributed by atoms with Crippen LogP contribution >= 0.6 is 33.9 Å². The van der Waals surface area contributed by atoms with Crippen LogP contribution in [0.15, 0.2) is 41.1 Å². The van der Waals surface area contributed by atoms with Gasteiger partial charge in [-0.15, -0.1) is 0 Å². The van der Waals surface area contributed by atoms with Crippen LogP contribution in [0.2, 0.25) is 0 Å². The lowest BCUT2D eigenvalue weighted by molar-refractivity contribution is 0.577. The Morgan fingerprint density at radius 1 is 1.24 bits per heavy atom. The Hall–Kier alpha value is -0.390. The Morgan fingerprint density at radius 3 is 2.65 bits per heavy atom. The summed E-state index contributed by atoms with van der Waals surface area (Å²) in [7, 11) is 0. The van der Waals surface area contributed by atoms with Crippen LogP contribution < -0.4 is 5.32 Å². The van der Waals surface area contributed by atoms with Gasteiger partial charge >= 0.3 is 0 Å². The summed E-state index contributed by atoms with van der Waals surface area (Å²) in [5.74, 6) is 0. The fourth-order valence-electron chi connectivity index (χ4n) is 1.74. The van der Waals surface area contributed by atoms with Crippen molar-refractivity contribution in [2.75, 3.05) is 6.54 Å². The average Bonchev–Trinajstić information content (AvgIpc) is 2.83. The average molecular weight is 357 g/mol. The maximum absolute atomic E-state index is 3.56.